The average molecular weight is 416 g/mol. The molecule has 0 radical (unpaired) electrons. The molecule has 2 aromatic carbocycles. The third-order valence-electron chi connectivity index (χ3n) is 3.83. The summed E-state index contributed by atoms with van der Waals surface area (Å²) in [5, 5.41) is 0. The van der Waals surface area contributed by atoms with Crippen molar-refractivity contribution in [3.05, 3.63) is 59.9 Å². The first-order valence-electron chi connectivity index (χ1n) is 8.39. The molecule has 0 amide bonds. The fraction of sp³-hybridized carbons (Fsp3) is 0.333. The van der Waals surface area contributed by atoms with E-state index in [4.69, 9.17) is 4.74 Å². The summed E-state index contributed by atoms with van der Waals surface area (Å²) in [4.78, 5) is 0.0651. The lowest BCUT2D eigenvalue weighted by atomic mass is 10.1. The summed E-state index contributed by atoms with van der Waals surface area (Å²) in [6, 6.07) is 11.7. The zero-order valence-electron chi connectivity index (χ0n) is 14.9. The van der Waals surface area contributed by atoms with E-state index in [1.54, 1.807) is 19.1 Å². The lowest BCUT2D eigenvalue weighted by molar-refractivity contribution is 0.340. The third kappa shape index (κ3) is 6.93. The van der Waals surface area contributed by atoms with E-state index in [0.717, 1.165) is 0 Å². The zero-order valence-corrected chi connectivity index (χ0v) is 16.5. The van der Waals surface area contributed by atoms with Crippen molar-refractivity contribution in [1.82, 2.24) is 4.72 Å². The van der Waals surface area contributed by atoms with Crippen LogP contribution < -0.4 is 9.46 Å². The number of rotatable bonds is 10. The fourth-order valence-corrected chi connectivity index (χ4v) is 3.91. The number of ether oxygens (including phenoxy) is 1. The zero-order chi connectivity index (χ0) is 19.9. The lowest BCUT2D eigenvalue weighted by Crippen LogP contribution is -2.26. The minimum absolute atomic E-state index is 0.00809. The van der Waals surface area contributed by atoms with Gasteiger partial charge < -0.3 is 4.74 Å². The first kappa shape index (κ1) is 21.3. The summed E-state index contributed by atoms with van der Waals surface area (Å²) in [6.45, 7) is 1.71. The molecule has 148 valence electrons. The molecule has 0 saturated heterocycles. The maximum absolute atomic E-state index is 13.1. The summed E-state index contributed by atoms with van der Waals surface area (Å²) in [6.07, 6.45) is 0.365. The molecule has 0 unspecified atom stereocenters. The van der Waals surface area contributed by atoms with E-state index in [1.807, 2.05) is 0 Å². The molecule has 6 nitrogen and oxygen atoms in total. The molecule has 2 rings (SSSR count). The molecule has 0 saturated carbocycles. The van der Waals surface area contributed by atoms with Gasteiger partial charge in [-0.05, 0) is 48.4 Å². The quantitative estimate of drug-likeness (QED) is 0.642. The highest BCUT2D eigenvalue weighted by molar-refractivity contribution is 7.91. The highest BCUT2D eigenvalue weighted by atomic mass is 32.2. The van der Waals surface area contributed by atoms with Crippen LogP contribution in [-0.4, -0.2) is 41.5 Å². The normalized spacial score (nSPS) is 12.1. The van der Waals surface area contributed by atoms with Crippen LogP contribution >= 0.6 is 0 Å². The summed E-state index contributed by atoms with van der Waals surface area (Å²) in [5.41, 5.74) is 0.698. The van der Waals surface area contributed by atoms with Crippen molar-refractivity contribution in [2.45, 2.75) is 18.2 Å². The molecule has 0 aliphatic rings. The SMILES string of the molecule is CCS(=O)(=O)CCOc1ccc(S(=O)(=O)NCCc2cccc(F)c2)cc1. The second-order valence-electron chi connectivity index (χ2n) is 5.83. The Morgan fingerprint density at radius 1 is 1.04 bits per heavy atom. The van der Waals surface area contributed by atoms with Crippen molar-refractivity contribution in [1.29, 1.82) is 0 Å². The number of benzene rings is 2. The molecule has 0 heterocycles. The van der Waals surface area contributed by atoms with E-state index < -0.39 is 19.9 Å². The monoisotopic (exact) mass is 415 g/mol. The molecular weight excluding hydrogens is 393 g/mol. The van der Waals surface area contributed by atoms with Gasteiger partial charge in [-0.25, -0.2) is 25.9 Å². The van der Waals surface area contributed by atoms with Crippen LogP contribution in [0.15, 0.2) is 53.4 Å². The largest absolute Gasteiger partial charge is 0.493 e. The molecule has 0 aromatic heterocycles. The topological polar surface area (TPSA) is 89.5 Å². The van der Waals surface area contributed by atoms with Gasteiger partial charge in [0.1, 0.15) is 18.2 Å². The predicted molar refractivity (Wildman–Crippen MR) is 102 cm³/mol. The van der Waals surface area contributed by atoms with Crippen molar-refractivity contribution in [3.63, 3.8) is 0 Å². The summed E-state index contributed by atoms with van der Waals surface area (Å²) in [7, 11) is -6.81. The Kier molecular flexibility index (Phi) is 7.34. The van der Waals surface area contributed by atoms with E-state index in [1.165, 1.54) is 36.4 Å². The van der Waals surface area contributed by atoms with Crippen LogP contribution in [0.5, 0.6) is 5.75 Å². The molecule has 0 aliphatic heterocycles. The maximum Gasteiger partial charge on any atom is 0.240 e. The smallest absolute Gasteiger partial charge is 0.240 e. The predicted octanol–water partition coefficient (Wildman–Crippen LogP) is 2.16. The van der Waals surface area contributed by atoms with Crippen LogP contribution in [0.3, 0.4) is 0 Å². The Bertz CT molecular complexity index is 958. The third-order valence-corrected chi connectivity index (χ3v) is 6.98. The molecule has 0 atom stereocenters. The molecule has 0 spiro atoms. The second-order valence-corrected chi connectivity index (χ2v) is 10.1. The standard InChI is InChI=1S/C18H22FNO5S2/c1-2-26(21,22)13-12-25-17-6-8-18(9-7-17)27(23,24)20-11-10-15-4-3-5-16(19)14-15/h3-9,14,20H,2,10-13H2,1H3. The average Bonchev–Trinajstić information content (AvgIpc) is 2.62. The second kappa shape index (κ2) is 9.29. The van der Waals surface area contributed by atoms with E-state index in [-0.39, 0.29) is 35.4 Å². The van der Waals surface area contributed by atoms with Gasteiger partial charge in [0.15, 0.2) is 9.84 Å². The van der Waals surface area contributed by atoms with Crippen molar-refractivity contribution in [2.24, 2.45) is 0 Å². The van der Waals surface area contributed by atoms with Gasteiger partial charge in [0.2, 0.25) is 10.0 Å². The number of halogens is 1. The van der Waals surface area contributed by atoms with Crippen LogP contribution in [0, 0.1) is 5.82 Å². The number of sulfone groups is 1. The maximum atomic E-state index is 13.1. The van der Waals surface area contributed by atoms with Crippen LogP contribution in [0.4, 0.5) is 4.39 Å². The molecule has 1 N–H and O–H groups in total. The van der Waals surface area contributed by atoms with Crippen LogP contribution in [0.25, 0.3) is 0 Å². The van der Waals surface area contributed by atoms with Crippen LogP contribution in [0.1, 0.15) is 12.5 Å². The molecule has 0 bridgehead atoms. The number of nitrogens with one attached hydrogen (secondary N) is 1. The van der Waals surface area contributed by atoms with Gasteiger partial charge >= 0.3 is 0 Å². The van der Waals surface area contributed by atoms with E-state index in [2.05, 4.69) is 4.72 Å². The van der Waals surface area contributed by atoms with Crippen molar-refractivity contribution >= 4 is 19.9 Å². The molecule has 0 fully saturated rings. The first-order valence-corrected chi connectivity index (χ1v) is 11.7. The molecule has 27 heavy (non-hydrogen) atoms. The number of hydrogen-bond acceptors (Lipinski definition) is 5. The van der Waals surface area contributed by atoms with Crippen LogP contribution in [-0.2, 0) is 26.3 Å². The minimum atomic E-state index is -3.70. The Hall–Kier alpha value is -1.97. The van der Waals surface area contributed by atoms with Crippen LogP contribution in [0.2, 0.25) is 0 Å². The van der Waals surface area contributed by atoms with Gasteiger partial charge in [-0.15, -0.1) is 0 Å². The first-order chi connectivity index (χ1) is 12.7. The van der Waals surface area contributed by atoms with Gasteiger partial charge in [0.25, 0.3) is 0 Å². The van der Waals surface area contributed by atoms with Gasteiger partial charge in [-0.3, -0.25) is 0 Å². The number of sulfonamides is 1. The Labute approximate surface area is 159 Å². The summed E-state index contributed by atoms with van der Waals surface area (Å²) in [5.74, 6) is -0.0160. The van der Waals surface area contributed by atoms with Gasteiger partial charge in [-0.2, -0.15) is 0 Å². The highest BCUT2D eigenvalue weighted by Gasteiger charge is 2.14. The Morgan fingerprint density at radius 2 is 1.74 bits per heavy atom. The fourth-order valence-electron chi connectivity index (χ4n) is 2.25. The van der Waals surface area contributed by atoms with Gasteiger partial charge in [0, 0.05) is 12.3 Å². The van der Waals surface area contributed by atoms with E-state index in [0.29, 0.717) is 17.7 Å². The summed E-state index contributed by atoms with van der Waals surface area (Å²) < 4.78 is 68.3. The minimum Gasteiger partial charge on any atom is -0.493 e. The highest BCUT2D eigenvalue weighted by Crippen LogP contribution is 2.16. The van der Waals surface area contributed by atoms with E-state index >= 15 is 0 Å². The van der Waals surface area contributed by atoms with E-state index in [9.17, 15) is 21.2 Å². The Balaban J connectivity index is 1.88. The lowest BCUT2D eigenvalue weighted by Gasteiger charge is -2.09. The summed E-state index contributed by atoms with van der Waals surface area (Å²) >= 11 is 0. The number of hydrogen-bond donors (Lipinski definition) is 1. The van der Waals surface area contributed by atoms with Crippen molar-refractivity contribution in [3.8, 4) is 5.75 Å². The van der Waals surface area contributed by atoms with Gasteiger partial charge in [-0.1, -0.05) is 19.1 Å². The molecule has 2 aromatic rings. The molecule has 9 heteroatoms. The van der Waals surface area contributed by atoms with Crippen molar-refractivity contribution < 1.29 is 26.0 Å². The Morgan fingerprint density at radius 3 is 2.37 bits per heavy atom. The van der Waals surface area contributed by atoms with Crippen molar-refractivity contribution in [2.75, 3.05) is 24.7 Å². The molecular formula is C18H22FNO5S2. The molecule has 0 aliphatic carbocycles. The van der Waals surface area contributed by atoms with Gasteiger partial charge in [0.05, 0.1) is 10.6 Å².